The molecule has 0 aliphatic rings. The normalized spacial score (nSPS) is 11.4. The van der Waals surface area contributed by atoms with Crippen LogP contribution in [0.2, 0.25) is 20.7 Å². The Balaban J connectivity index is 1.69. The van der Waals surface area contributed by atoms with Gasteiger partial charge >= 0.3 is 148 Å². The van der Waals surface area contributed by atoms with Crippen molar-refractivity contribution in [1.29, 1.82) is 0 Å². The maximum absolute atomic E-state index is 6.16. The summed E-state index contributed by atoms with van der Waals surface area (Å²) in [6, 6.07) is 0. The summed E-state index contributed by atoms with van der Waals surface area (Å²) >= 11 is 12.9. The Hall–Kier alpha value is -0.481. The Labute approximate surface area is 148 Å². The van der Waals surface area contributed by atoms with E-state index in [1.807, 2.05) is 37.1 Å². The summed E-state index contributed by atoms with van der Waals surface area (Å²) in [7, 11) is 0. The van der Waals surface area contributed by atoms with E-state index in [2.05, 4.69) is 10.2 Å². The average Bonchev–Trinajstić information content (AvgIpc) is 2.88. The van der Waals surface area contributed by atoms with Crippen molar-refractivity contribution in [1.82, 2.24) is 19.6 Å². The number of hydrogen-bond acceptors (Lipinski definition) is 2. The molecule has 0 aromatic carbocycles. The summed E-state index contributed by atoms with van der Waals surface area (Å²) in [6.07, 6.45) is 1.15. The fourth-order valence-electron chi connectivity index (χ4n) is 2.36. The van der Waals surface area contributed by atoms with Crippen molar-refractivity contribution in [2.75, 3.05) is 0 Å². The van der Waals surface area contributed by atoms with Crippen LogP contribution in [0.3, 0.4) is 0 Å². The van der Waals surface area contributed by atoms with Gasteiger partial charge in [0.15, 0.2) is 0 Å². The number of rotatable bonds is 7. The molecule has 0 fully saturated rings. The fraction of sp³-hybridized carbons (Fsp3) is 0.600. The molecule has 0 saturated carbocycles. The van der Waals surface area contributed by atoms with E-state index in [0.29, 0.717) is 15.0 Å². The number of aryl methyl sites for hydroxylation is 4. The monoisotopic (exact) mass is 408 g/mol. The van der Waals surface area contributed by atoms with Gasteiger partial charge in [0.25, 0.3) is 0 Å². The van der Waals surface area contributed by atoms with Crippen LogP contribution in [0.5, 0.6) is 0 Å². The number of halogens is 2. The van der Waals surface area contributed by atoms with Crippen LogP contribution < -0.4 is 0 Å². The molecule has 122 valence electrons. The molecule has 0 atom stereocenters. The molecule has 0 spiro atoms. The molecule has 2 heterocycles. The molecule has 0 saturated heterocycles. The van der Waals surface area contributed by atoms with Crippen LogP contribution >= 0.6 is 23.2 Å². The maximum atomic E-state index is 6.16. The second-order valence-electron chi connectivity index (χ2n) is 5.38. The first kappa shape index (κ1) is 17.9. The molecule has 0 amide bonds. The third kappa shape index (κ3) is 4.08. The first-order valence-corrected chi connectivity index (χ1v) is 10.6. The Kier molecular flexibility index (Phi) is 6.39. The van der Waals surface area contributed by atoms with Crippen molar-refractivity contribution < 1.29 is 0 Å². The second kappa shape index (κ2) is 7.87. The first-order chi connectivity index (χ1) is 10.4. The first-order valence-electron chi connectivity index (χ1n) is 7.38. The van der Waals surface area contributed by atoms with Gasteiger partial charge in [-0.25, -0.2) is 0 Å². The molecule has 2 aromatic heterocycles. The molecular formula is C15H22Cl2N4Se. The van der Waals surface area contributed by atoms with Crippen LogP contribution in [-0.4, -0.2) is 34.5 Å². The van der Waals surface area contributed by atoms with Gasteiger partial charge in [-0.1, -0.05) is 0 Å². The average molecular weight is 408 g/mol. The minimum absolute atomic E-state index is 0.624. The summed E-state index contributed by atoms with van der Waals surface area (Å²) in [5.41, 5.74) is 4.00. The van der Waals surface area contributed by atoms with E-state index < -0.39 is 0 Å². The van der Waals surface area contributed by atoms with E-state index >= 15 is 0 Å². The van der Waals surface area contributed by atoms with Gasteiger partial charge in [0.1, 0.15) is 0 Å². The zero-order valence-corrected chi connectivity index (χ0v) is 16.7. The molecule has 7 heteroatoms. The number of nitrogens with zero attached hydrogens (tertiary/aromatic N) is 4. The van der Waals surface area contributed by atoms with Crippen molar-refractivity contribution in [2.24, 2.45) is 0 Å². The molecule has 0 bridgehead atoms. The van der Waals surface area contributed by atoms with Gasteiger partial charge in [-0.3, -0.25) is 0 Å². The van der Waals surface area contributed by atoms with E-state index in [1.54, 1.807) is 0 Å². The molecule has 4 nitrogen and oxygen atoms in total. The van der Waals surface area contributed by atoms with Crippen molar-refractivity contribution >= 4 is 38.2 Å². The Morgan fingerprint density at radius 2 is 1.32 bits per heavy atom. The van der Waals surface area contributed by atoms with Gasteiger partial charge in [-0.05, 0) is 0 Å². The predicted octanol–water partition coefficient (Wildman–Crippen LogP) is 4.25. The standard InChI is InChI=1S/C15H22Cl2N4Se/c1-10-14(16)12(3)20(18-10)6-5-8-22-9-7-21-13(4)15(17)11(2)19-21/h5-9H2,1-4H3. The van der Waals surface area contributed by atoms with Crippen LogP contribution in [-0.2, 0) is 13.1 Å². The summed E-state index contributed by atoms with van der Waals surface area (Å²) < 4.78 is 4.05. The molecule has 0 aliphatic heterocycles. The van der Waals surface area contributed by atoms with Crippen molar-refractivity contribution in [3.05, 3.63) is 32.8 Å². The van der Waals surface area contributed by atoms with Gasteiger partial charge in [-0.15, -0.1) is 0 Å². The zero-order valence-electron chi connectivity index (χ0n) is 13.5. The van der Waals surface area contributed by atoms with E-state index in [4.69, 9.17) is 23.2 Å². The van der Waals surface area contributed by atoms with E-state index in [0.717, 1.165) is 52.3 Å². The van der Waals surface area contributed by atoms with Gasteiger partial charge in [0, 0.05) is 0 Å². The Morgan fingerprint density at radius 1 is 0.818 bits per heavy atom. The number of hydrogen-bond donors (Lipinski definition) is 0. The topological polar surface area (TPSA) is 35.6 Å². The third-order valence-electron chi connectivity index (χ3n) is 3.69. The van der Waals surface area contributed by atoms with E-state index in [9.17, 15) is 0 Å². The molecule has 0 aliphatic carbocycles. The third-order valence-corrected chi connectivity index (χ3v) is 6.99. The van der Waals surface area contributed by atoms with Crippen LogP contribution in [0.4, 0.5) is 0 Å². The van der Waals surface area contributed by atoms with E-state index in [-0.39, 0.29) is 0 Å². The van der Waals surface area contributed by atoms with Crippen molar-refractivity contribution in [3.63, 3.8) is 0 Å². The molecule has 0 unspecified atom stereocenters. The van der Waals surface area contributed by atoms with Gasteiger partial charge in [0.05, 0.1) is 0 Å². The quantitative estimate of drug-likeness (QED) is 0.507. The second-order valence-corrected chi connectivity index (χ2v) is 8.71. The van der Waals surface area contributed by atoms with Gasteiger partial charge in [-0.2, -0.15) is 0 Å². The Bertz CT molecular complexity index is 592. The van der Waals surface area contributed by atoms with Gasteiger partial charge < -0.3 is 0 Å². The van der Waals surface area contributed by atoms with Crippen LogP contribution in [0.25, 0.3) is 0 Å². The van der Waals surface area contributed by atoms with Crippen molar-refractivity contribution in [2.45, 2.75) is 57.8 Å². The van der Waals surface area contributed by atoms with Crippen molar-refractivity contribution in [3.8, 4) is 0 Å². The van der Waals surface area contributed by atoms with Crippen LogP contribution in [0, 0.1) is 27.7 Å². The van der Waals surface area contributed by atoms with Gasteiger partial charge in [0.2, 0.25) is 0 Å². The fourth-order valence-corrected chi connectivity index (χ4v) is 4.39. The summed E-state index contributed by atoms with van der Waals surface area (Å²) in [5.74, 6) is 0. The summed E-state index contributed by atoms with van der Waals surface area (Å²) in [6.45, 7) is 9.88. The molecule has 2 rings (SSSR count). The predicted molar refractivity (Wildman–Crippen MR) is 93.4 cm³/mol. The zero-order chi connectivity index (χ0) is 16.3. The summed E-state index contributed by atoms with van der Waals surface area (Å²) in [5, 5.41) is 13.0. The molecular weight excluding hydrogens is 386 g/mol. The van der Waals surface area contributed by atoms with E-state index in [1.165, 1.54) is 10.6 Å². The number of aromatic nitrogens is 4. The Morgan fingerprint density at radius 3 is 1.77 bits per heavy atom. The molecule has 0 radical (unpaired) electrons. The SMILES string of the molecule is Cc1nn(CCC[Se]CCn2nc(C)c(Cl)c2C)c(C)c1Cl. The molecule has 2 aromatic rings. The van der Waals surface area contributed by atoms with Crippen LogP contribution in [0.15, 0.2) is 0 Å². The molecule has 0 N–H and O–H groups in total. The summed E-state index contributed by atoms with van der Waals surface area (Å²) in [4.78, 5) is 0. The molecule has 22 heavy (non-hydrogen) atoms. The minimum atomic E-state index is 0.624. The van der Waals surface area contributed by atoms with Crippen LogP contribution in [0.1, 0.15) is 29.2 Å².